The Hall–Kier alpha value is -1.99. The number of aromatic nitrogens is 1. The number of methoxy groups -OCH3 is 2. The summed E-state index contributed by atoms with van der Waals surface area (Å²) in [4.78, 5) is 16.9. The van der Waals surface area contributed by atoms with Crippen LogP contribution in [0.2, 0.25) is 4.47 Å². The smallest absolute Gasteiger partial charge is 0.341 e. The number of carbonyl (C=O) groups excluding carboxylic acids is 1. The Morgan fingerprint density at radius 2 is 2.27 bits per heavy atom. The minimum atomic E-state index is -0.374. The summed E-state index contributed by atoms with van der Waals surface area (Å²) in [6, 6.07) is 1.76. The molecule has 0 fully saturated rings. The lowest BCUT2D eigenvalue weighted by Gasteiger charge is -2.16. The fourth-order valence-corrected chi connectivity index (χ4v) is 3.24. The van der Waals surface area contributed by atoms with Crippen molar-refractivity contribution in [3.8, 4) is 11.5 Å². The zero-order valence-electron chi connectivity index (χ0n) is 11.9. The number of ether oxygens (including phenoxy) is 3. The van der Waals surface area contributed by atoms with E-state index >= 15 is 0 Å². The molecule has 1 aromatic carbocycles. The number of carbonyl (C=O) groups is 1. The normalized spacial score (nSPS) is 12.8. The maximum Gasteiger partial charge on any atom is 0.341 e. The molecule has 6 nitrogen and oxygen atoms in total. The Labute approximate surface area is 136 Å². The van der Waals surface area contributed by atoms with E-state index in [0.29, 0.717) is 33.8 Å². The van der Waals surface area contributed by atoms with Crippen molar-refractivity contribution in [1.82, 2.24) is 4.98 Å². The van der Waals surface area contributed by atoms with E-state index in [1.165, 1.54) is 18.4 Å². The van der Waals surface area contributed by atoms with Gasteiger partial charge in [-0.3, -0.25) is 0 Å². The molecule has 0 aliphatic carbocycles. The molecule has 0 bridgehead atoms. The first-order valence-electron chi connectivity index (χ1n) is 6.43. The number of anilines is 1. The first-order chi connectivity index (χ1) is 10.6. The number of nitrogens with zero attached hydrogens (tertiary/aromatic N) is 1. The zero-order valence-corrected chi connectivity index (χ0v) is 13.5. The van der Waals surface area contributed by atoms with E-state index < -0.39 is 0 Å². The fraction of sp³-hybridized carbons (Fsp3) is 0.286. The van der Waals surface area contributed by atoms with Gasteiger partial charge in [0.05, 0.1) is 32.0 Å². The van der Waals surface area contributed by atoms with Gasteiger partial charge >= 0.3 is 5.97 Å². The maximum atomic E-state index is 12.0. The lowest BCUT2D eigenvalue weighted by atomic mass is 10.1. The summed E-state index contributed by atoms with van der Waals surface area (Å²) in [5, 5.41) is 3.21. The van der Waals surface area contributed by atoms with Crippen LogP contribution in [0.5, 0.6) is 11.5 Å². The first-order valence-corrected chi connectivity index (χ1v) is 7.62. The van der Waals surface area contributed by atoms with Crippen LogP contribution in [-0.2, 0) is 17.9 Å². The summed E-state index contributed by atoms with van der Waals surface area (Å²) in [6.45, 7) is 0.698. The van der Waals surface area contributed by atoms with Crippen molar-refractivity contribution in [2.24, 2.45) is 0 Å². The number of halogens is 1. The van der Waals surface area contributed by atoms with Gasteiger partial charge in [-0.05, 0) is 6.07 Å². The van der Waals surface area contributed by atoms with Gasteiger partial charge in [-0.1, -0.05) is 11.6 Å². The van der Waals surface area contributed by atoms with Crippen molar-refractivity contribution in [2.45, 2.75) is 13.2 Å². The van der Waals surface area contributed by atoms with Gasteiger partial charge in [0, 0.05) is 16.6 Å². The molecule has 2 aromatic rings. The number of hydrogen-bond donors (Lipinski definition) is 1. The summed E-state index contributed by atoms with van der Waals surface area (Å²) in [7, 11) is 3.08. The van der Waals surface area contributed by atoms with Crippen LogP contribution in [0.25, 0.3) is 0 Å². The predicted octanol–water partition coefficient (Wildman–Crippen LogP) is 3.10. The standard InChI is InChI=1S/C14H13ClN2O4S/c1-19-9-3-7-6-21-13(18)10(7)11(12(9)20-2)16-4-8-5-17-14(15)22-8/h3,5,16H,4,6H2,1-2H3. The number of cyclic esters (lactones) is 1. The second kappa shape index (κ2) is 6.02. The quantitative estimate of drug-likeness (QED) is 0.843. The third kappa shape index (κ3) is 2.57. The van der Waals surface area contributed by atoms with E-state index in [4.69, 9.17) is 25.8 Å². The van der Waals surface area contributed by atoms with Crippen molar-refractivity contribution in [3.63, 3.8) is 0 Å². The average Bonchev–Trinajstić information content (AvgIpc) is 3.10. The summed E-state index contributed by atoms with van der Waals surface area (Å²) in [5.74, 6) is 0.640. The van der Waals surface area contributed by atoms with E-state index in [-0.39, 0.29) is 12.6 Å². The highest BCUT2D eigenvalue weighted by molar-refractivity contribution is 7.15. The highest BCUT2D eigenvalue weighted by Crippen LogP contribution is 2.43. The Morgan fingerprint density at radius 1 is 1.45 bits per heavy atom. The third-order valence-electron chi connectivity index (χ3n) is 3.28. The number of esters is 1. The molecule has 3 rings (SSSR count). The number of fused-ring (bicyclic) bond motifs is 1. The summed E-state index contributed by atoms with van der Waals surface area (Å²) in [6.07, 6.45) is 1.69. The molecule has 1 aliphatic heterocycles. The molecule has 1 N–H and O–H groups in total. The summed E-state index contributed by atoms with van der Waals surface area (Å²) < 4.78 is 16.3. The second-order valence-corrected chi connectivity index (χ2v) is 6.23. The highest BCUT2D eigenvalue weighted by Gasteiger charge is 2.30. The molecule has 116 valence electrons. The van der Waals surface area contributed by atoms with Crippen molar-refractivity contribution in [1.29, 1.82) is 0 Å². The van der Waals surface area contributed by atoms with Gasteiger partial charge in [-0.15, -0.1) is 11.3 Å². The summed E-state index contributed by atoms with van der Waals surface area (Å²) >= 11 is 7.19. The molecule has 0 atom stereocenters. The molecule has 0 spiro atoms. The van der Waals surface area contributed by atoms with Crippen LogP contribution in [-0.4, -0.2) is 25.2 Å². The maximum absolute atomic E-state index is 12.0. The Bertz CT molecular complexity index is 732. The molecular formula is C14H13ClN2O4S. The number of rotatable bonds is 5. The van der Waals surface area contributed by atoms with Crippen LogP contribution in [0.3, 0.4) is 0 Å². The minimum Gasteiger partial charge on any atom is -0.493 e. The zero-order chi connectivity index (χ0) is 15.7. The van der Waals surface area contributed by atoms with Crippen molar-refractivity contribution >= 4 is 34.6 Å². The van der Waals surface area contributed by atoms with E-state index in [1.54, 1.807) is 19.4 Å². The topological polar surface area (TPSA) is 69.7 Å². The van der Waals surface area contributed by atoms with Crippen molar-refractivity contribution in [3.05, 3.63) is 32.7 Å². The molecule has 0 saturated carbocycles. The van der Waals surface area contributed by atoms with Gasteiger partial charge in [0.15, 0.2) is 16.0 Å². The fourth-order valence-electron chi connectivity index (χ4n) is 2.32. The predicted molar refractivity (Wildman–Crippen MR) is 83.1 cm³/mol. The molecule has 0 unspecified atom stereocenters. The van der Waals surface area contributed by atoms with Crippen LogP contribution < -0.4 is 14.8 Å². The lowest BCUT2D eigenvalue weighted by Crippen LogP contribution is -2.08. The van der Waals surface area contributed by atoms with E-state index in [2.05, 4.69) is 10.3 Å². The van der Waals surface area contributed by atoms with Gasteiger partial charge in [0.2, 0.25) is 0 Å². The molecular weight excluding hydrogens is 328 g/mol. The molecule has 0 amide bonds. The van der Waals surface area contributed by atoms with E-state index in [9.17, 15) is 4.79 Å². The van der Waals surface area contributed by atoms with Crippen LogP contribution in [0.1, 0.15) is 20.8 Å². The van der Waals surface area contributed by atoms with Crippen molar-refractivity contribution < 1.29 is 19.0 Å². The van der Waals surface area contributed by atoms with Crippen LogP contribution in [0.15, 0.2) is 12.3 Å². The molecule has 1 aromatic heterocycles. The SMILES string of the molecule is COc1cc2c(c(NCc3cnc(Cl)s3)c1OC)C(=O)OC2. The third-order valence-corrected chi connectivity index (χ3v) is 4.39. The highest BCUT2D eigenvalue weighted by atomic mass is 35.5. The molecule has 0 radical (unpaired) electrons. The van der Waals surface area contributed by atoms with Gasteiger partial charge in [-0.2, -0.15) is 0 Å². The number of thiazole rings is 1. The average molecular weight is 341 g/mol. The molecule has 8 heteroatoms. The molecule has 1 aliphatic rings. The summed E-state index contributed by atoms with van der Waals surface area (Å²) in [5.41, 5.74) is 1.81. The first kappa shape index (κ1) is 14.9. The second-order valence-electron chi connectivity index (χ2n) is 4.53. The number of nitrogens with one attached hydrogen (secondary N) is 1. The van der Waals surface area contributed by atoms with E-state index in [1.807, 2.05) is 0 Å². The van der Waals surface area contributed by atoms with Gasteiger partial charge < -0.3 is 19.5 Å². The largest absolute Gasteiger partial charge is 0.493 e. The monoisotopic (exact) mass is 340 g/mol. The Balaban J connectivity index is 2.00. The van der Waals surface area contributed by atoms with Crippen LogP contribution in [0.4, 0.5) is 5.69 Å². The van der Waals surface area contributed by atoms with Gasteiger partial charge in [-0.25, -0.2) is 9.78 Å². The molecule has 0 saturated heterocycles. The molecule has 22 heavy (non-hydrogen) atoms. The number of benzene rings is 1. The Morgan fingerprint density at radius 3 is 2.91 bits per heavy atom. The van der Waals surface area contributed by atoms with Crippen LogP contribution in [0, 0.1) is 0 Å². The van der Waals surface area contributed by atoms with E-state index in [0.717, 1.165) is 10.4 Å². The van der Waals surface area contributed by atoms with Crippen LogP contribution >= 0.6 is 22.9 Å². The lowest BCUT2D eigenvalue weighted by molar-refractivity contribution is 0.0535. The van der Waals surface area contributed by atoms with Gasteiger partial charge in [0.1, 0.15) is 6.61 Å². The Kier molecular flexibility index (Phi) is 4.08. The van der Waals surface area contributed by atoms with Gasteiger partial charge in [0.25, 0.3) is 0 Å². The number of hydrogen-bond acceptors (Lipinski definition) is 7. The minimum absolute atomic E-state index is 0.232. The molecule has 2 heterocycles. The van der Waals surface area contributed by atoms with Crippen molar-refractivity contribution in [2.75, 3.05) is 19.5 Å².